The first-order chi connectivity index (χ1) is 13.5. The molecule has 0 bridgehead atoms. The van der Waals surface area contributed by atoms with Gasteiger partial charge in [-0.3, -0.25) is 4.79 Å². The van der Waals surface area contributed by atoms with Gasteiger partial charge in [-0.15, -0.1) is 0 Å². The second-order valence-electron chi connectivity index (χ2n) is 6.32. The van der Waals surface area contributed by atoms with Gasteiger partial charge in [0.1, 0.15) is 0 Å². The van der Waals surface area contributed by atoms with Gasteiger partial charge in [-0.1, -0.05) is 37.3 Å². The number of hydrogen-bond donors (Lipinski definition) is 1. The molecule has 1 aromatic heterocycles. The molecule has 0 aliphatic heterocycles. The van der Waals surface area contributed by atoms with Gasteiger partial charge in [0.05, 0.1) is 18.0 Å². The Morgan fingerprint density at radius 3 is 2.57 bits per heavy atom. The molecule has 0 atom stereocenters. The smallest absolute Gasteiger partial charge is 0.358 e. The Kier molecular flexibility index (Phi) is 5.89. The Morgan fingerprint density at radius 1 is 1.07 bits per heavy atom. The zero-order chi connectivity index (χ0) is 20.1. The van der Waals surface area contributed by atoms with Crippen LogP contribution in [0.4, 0.5) is 5.69 Å². The highest BCUT2D eigenvalue weighted by atomic mass is 16.5. The summed E-state index contributed by atoms with van der Waals surface area (Å²) in [7, 11) is 0. The molecule has 1 heterocycles. The first kappa shape index (κ1) is 19.4. The van der Waals surface area contributed by atoms with E-state index in [9.17, 15) is 9.59 Å². The monoisotopic (exact) mass is 377 g/mol. The predicted octanol–water partition coefficient (Wildman–Crippen LogP) is 4.37. The van der Waals surface area contributed by atoms with Crippen molar-refractivity contribution in [2.45, 2.75) is 27.2 Å². The number of carbonyl (C=O) groups excluding carboxylic acids is 2. The minimum Gasteiger partial charge on any atom is -0.461 e. The molecular weight excluding hydrogens is 354 g/mol. The predicted molar refractivity (Wildman–Crippen MR) is 109 cm³/mol. The number of para-hydroxylation sites is 1. The van der Waals surface area contributed by atoms with E-state index in [4.69, 9.17) is 4.74 Å². The lowest BCUT2D eigenvalue weighted by molar-refractivity contribution is -0.115. The maximum absolute atomic E-state index is 12.3. The number of nitrogens with zero attached hydrogens (tertiary/aromatic N) is 2. The van der Waals surface area contributed by atoms with E-state index in [1.54, 1.807) is 24.6 Å². The highest BCUT2D eigenvalue weighted by molar-refractivity contribution is 5.92. The van der Waals surface area contributed by atoms with Crippen LogP contribution < -0.4 is 5.32 Å². The van der Waals surface area contributed by atoms with Crippen LogP contribution in [-0.2, 0) is 9.53 Å². The SMILES string of the molecule is CCOC(=O)c1cc(-c2cccc(NC(=O)CC)c2)n(-c2ccccc2C)n1. The van der Waals surface area contributed by atoms with Crippen molar-refractivity contribution in [3.05, 3.63) is 65.9 Å². The van der Waals surface area contributed by atoms with E-state index in [0.29, 0.717) is 12.1 Å². The number of rotatable bonds is 6. The van der Waals surface area contributed by atoms with Gasteiger partial charge >= 0.3 is 5.97 Å². The molecule has 0 saturated heterocycles. The third kappa shape index (κ3) is 4.11. The van der Waals surface area contributed by atoms with Crippen molar-refractivity contribution in [3.8, 4) is 16.9 Å². The summed E-state index contributed by atoms with van der Waals surface area (Å²) in [5, 5.41) is 7.36. The van der Waals surface area contributed by atoms with Crippen LogP contribution in [0.1, 0.15) is 36.3 Å². The number of aromatic nitrogens is 2. The van der Waals surface area contributed by atoms with E-state index < -0.39 is 5.97 Å². The molecule has 0 saturated carbocycles. The highest BCUT2D eigenvalue weighted by Gasteiger charge is 2.18. The van der Waals surface area contributed by atoms with Crippen molar-refractivity contribution in [2.24, 2.45) is 0 Å². The number of esters is 1. The molecule has 1 amide bonds. The highest BCUT2D eigenvalue weighted by Crippen LogP contribution is 2.28. The minimum absolute atomic E-state index is 0.0585. The summed E-state index contributed by atoms with van der Waals surface area (Å²) >= 11 is 0. The Bertz CT molecular complexity index is 1010. The number of amides is 1. The van der Waals surface area contributed by atoms with Crippen LogP contribution in [0.25, 0.3) is 16.9 Å². The molecule has 6 nitrogen and oxygen atoms in total. The van der Waals surface area contributed by atoms with Gasteiger partial charge in [0.15, 0.2) is 5.69 Å². The number of nitrogens with one attached hydrogen (secondary N) is 1. The van der Waals surface area contributed by atoms with Gasteiger partial charge < -0.3 is 10.1 Å². The van der Waals surface area contributed by atoms with Crippen molar-refractivity contribution in [1.29, 1.82) is 0 Å². The van der Waals surface area contributed by atoms with Crippen LogP contribution in [-0.4, -0.2) is 28.3 Å². The lowest BCUT2D eigenvalue weighted by atomic mass is 10.1. The molecule has 0 aliphatic carbocycles. The summed E-state index contributed by atoms with van der Waals surface area (Å²) in [6, 6.07) is 17.0. The van der Waals surface area contributed by atoms with E-state index in [-0.39, 0.29) is 18.2 Å². The maximum Gasteiger partial charge on any atom is 0.358 e. The molecule has 0 radical (unpaired) electrons. The fourth-order valence-corrected chi connectivity index (χ4v) is 2.88. The van der Waals surface area contributed by atoms with Gasteiger partial charge in [0.25, 0.3) is 0 Å². The summed E-state index contributed by atoms with van der Waals surface area (Å²) in [6.07, 6.45) is 0.401. The molecule has 0 fully saturated rings. The normalized spacial score (nSPS) is 10.5. The Labute approximate surface area is 164 Å². The van der Waals surface area contributed by atoms with E-state index in [2.05, 4.69) is 10.4 Å². The Balaban J connectivity index is 2.11. The molecule has 144 valence electrons. The first-order valence-corrected chi connectivity index (χ1v) is 9.27. The number of aryl methyl sites for hydroxylation is 1. The molecule has 6 heteroatoms. The summed E-state index contributed by atoms with van der Waals surface area (Å²) in [5.41, 5.74) is 4.40. The number of ether oxygens (including phenoxy) is 1. The summed E-state index contributed by atoms with van der Waals surface area (Å²) < 4.78 is 6.86. The van der Waals surface area contributed by atoms with Crippen molar-refractivity contribution in [3.63, 3.8) is 0 Å². The first-order valence-electron chi connectivity index (χ1n) is 9.27. The van der Waals surface area contributed by atoms with Crippen LogP contribution in [0, 0.1) is 6.92 Å². The maximum atomic E-state index is 12.3. The van der Waals surface area contributed by atoms with Crippen LogP contribution in [0.5, 0.6) is 0 Å². The Morgan fingerprint density at radius 2 is 1.86 bits per heavy atom. The topological polar surface area (TPSA) is 73.2 Å². The number of benzene rings is 2. The third-order valence-corrected chi connectivity index (χ3v) is 4.30. The molecule has 0 spiro atoms. The van der Waals surface area contributed by atoms with Crippen molar-refractivity contribution in [1.82, 2.24) is 9.78 Å². The van der Waals surface area contributed by atoms with Crippen LogP contribution in [0.3, 0.4) is 0 Å². The standard InChI is InChI=1S/C22H23N3O3/c1-4-21(26)23-17-11-8-10-16(13-17)20-14-18(22(27)28-5-2)24-25(20)19-12-7-6-9-15(19)3/h6-14H,4-5H2,1-3H3,(H,23,26). The van der Waals surface area contributed by atoms with Crippen LogP contribution in [0.2, 0.25) is 0 Å². The van der Waals surface area contributed by atoms with Gasteiger partial charge in [-0.05, 0) is 43.7 Å². The van der Waals surface area contributed by atoms with Crippen LogP contribution >= 0.6 is 0 Å². The van der Waals surface area contributed by atoms with E-state index in [1.165, 1.54) is 0 Å². The van der Waals surface area contributed by atoms with Crippen molar-refractivity contribution in [2.75, 3.05) is 11.9 Å². The summed E-state index contributed by atoms with van der Waals surface area (Å²) in [6.45, 7) is 5.84. The molecule has 3 rings (SSSR count). The fourth-order valence-electron chi connectivity index (χ4n) is 2.88. The van der Waals surface area contributed by atoms with Crippen LogP contribution in [0.15, 0.2) is 54.6 Å². The van der Waals surface area contributed by atoms with Crippen molar-refractivity contribution >= 4 is 17.6 Å². The second kappa shape index (κ2) is 8.52. The minimum atomic E-state index is -0.466. The number of anilines is 1. The van der Waals surface area contributed by atoms with E-state index in [0.717, 1.165) is 22.5 Å². The fraction of sp³-hybridized carbons (Fsp3) is 0.227. The largest absolute Gasteiger partial charge is 0.461 e. The Hall–Kier alpha value is -3.41. The van der Waals surface area contributed by atoms with E-state index >= 15 is 0 Å². The lowest BCUT2D eigenvalue weighted by Gasteiger charge is -2.11. The van der Waals surface area contributed by atoms with Gasteiger partial charge in [0, 0.05) is 17.7 Å². The third-order valence-electron chi connectivity index (χ3n) is 4.30. The number of hydrogen-bond acceptors (Lipinski definition) is 4. The summed E-state index contributed by atoms with van der Waals surface area (Å²) in [4.78, 5) is 24.0. The van der Waals surface area contributed by atoms with E-state index in [1.807, 2.05) is 55.5 Å². The number of carbonyl (C=O) groups is 2. The molecule has 0 unspecified atom stereocenters. The zero-order valence-electron chi connectivity index (χ0n) is 16.2. The quantitative estimate of drug-likeness (QED) is 0.647. The molecule has 3 aromatic rings. The molecular formula is C22H23N3O3. The summed E-state index contributed by atoms with van der Waals surface area (Å²) in [5.74, 6) is -0.525. The lowest BCUT2D eigenvalue weighted by Crippen LogP contribution is -2.09. The molecule has 2 aromatic carbocycles. The van der Waals surface area contributed by atoms with Gasteiger partial charge in [-0.2, -0.15) is 5.10 Å². The zero-order valence-corrected chi connectivity index (χ0v) is 16.2. The molecule has 0 aliphatic rings. The van der Waals surface area contributed by atoms with Crippen molar-refractivity contribution < 1.29 is 14.3 Å². The second-order valence-corrected chi connectivity index (χ2v) is 6.32. The average Bonchev–Trinajstić information content (AvgIpc) is 3.14. The molecule has 28 heavy (non-hydrogen) atoms. The van der Waals surface area contributed by atoms with Gasteiger partial charge in [0.2, 0.25) is 5.91 Å². The molecule has 1 N–H and O–H groups in total. The average molecular weight is 377 g/mol. The van der Waals surface area contributed by atoms with Gasteiger partial charge in [-0.25, -0.2) is 9.48 Å².